The predicted molar refractivity (Wildman–Crippen MR) is 79.1 cm³/mol. The van der Waals surface area contributed by atoms with Gasteiger partial charge in [-0.1, -0.05) is 34.8 Å². The Hall–Kier alpha value is -0.520. The van der Waals surface area contributed by atoms with E-state index in [-0.39, 0.29) is 11.9 Å². The molecular weight excluding hydrogens is 309 g/mol. The van der Waals surface area contributed by atoms with Crippen LogP contribution in [-0.2, 0) is 4.79 Å². The minimum Gasteiger partial charge on any atom is -0.326 e. The molecule has 0 aromatic heterocycles. The number of likely N-dealkylation sites (tertiary alicyclic amines) is 1. The van der Waals surface area contributed by atoms with E-state index in [1.807, 2.05) is 4.90 Å². The molecule has 0 unspecified atom stereocenters. The van der Waals surface area contributed by atoms with Gasteiger partial charge in [0.05, 0.1) is 27.3 Å². The number of anilines is 1. The Morgan fingerprint density at radius 2 is 2.00 bits per heavy atom. The second-order valence-electron chi connectivity index (χ2n) is 4.58. The zero-order chi connectivity index (χ0) is 14.0. The lowest BCUT2D eigenvalue weighted by Crippen LogP contribution is -2.33. The summed E-state index contributed by atoms with van der Waals surface area (Å²) in [6.07, 6.45) is 0.917. The first-order chi connectivity index (χ1) is 8.95. The van der Waals surface area contributed by atoms with Gasteiger partial charge in [-0.2, -0.15) is 0 Å². The molecule has 0 radical (unpaired) electrons. The highest BCUT2D eigenvalue weighted by atomic mass is 35.5. The number of nitrogens with zero attached hydrogens (tertiary/aromatic N) is 1. The predicted octanol–water partition coefficient (Wildman–Crippen LogP) is 2.62. The van der Waals surface area contributed by atoms with Crippen molar-refractivity contribution in [2.24, 2.45) is 5.73 Å². The van der Waals surface area contributed by atoms with Crippen LogP contribution < -0.4 is 11.1 Å². The summed E-state index contributed by atoms with van der Waals surface area (Å²) in [5.74, 6) is -0.144. The van der Waals surface area contributed by atoms with Crippen LogP contribution in [0, 0.1) is 0 Å². The highest BCUT2D eigenvalue weighted by Crippen LogP contribution is 2.32. The van der Waals surface area contributed by atoms with Crippen LogP contribution in [0.15, 0.2) is 12.1 Å². The SMILES string of the molecule is N[C@@H]1CCN(CC(=O)Nc2cc(Cl)c(Cl)cc2Cl)C1. The van der Waals surface area contributed by atoms with Gasteiger partial charge in [0.2, 0.25) is 5.91 Å². The Balaban J connectivity index is 1.97. The van der Waals surface area contributed by atoms with Crippen molar-refractivity contribution in [1.82, 2.24) is 4.90 Å². The van der Waals surface area contributed by atoms with Crippen LogP contribution in [0.4, 0.5) is 5.69 Å². The minimum atomic E-state index is -0.144. The molecule has 1 atom stereocenters. The monoisotopic (exact) mass is 321 g/mol. The van der Waals surface area contributed by atoms with E-state index in [4.69, 9.17) is 40.5 Å². The van der Waals surface area contributed by atoms with Crippen LogP contribution >= 0.6 is 34.8 Å². The molecule has 1 aliphatic heterocycles. The fraction of sp³-hybridized carbons (Fsp3) is 0.417. The summed E-state index contributed by atoms with van der Waals surface area (Å²) in [6.45, 7) is 1.87. The highest BCUT2D eigenvalue weighted by molar-refractivity contribution is 6.44. The Kier molecular flexibility index (Phi) is 4.92. The Labute approximate surface area is 126 Å². The molecule has 7 heteroatoms. The van der Waals surface area contributed by atoms with Gasteiger partial charge < -0.3 is 11.1 Å². The standard InChI is InChI=1S/C12H14Cl3N3O/c13-8-3-10(15)11(4-9(8)14)17-12(19)6-18-2-1-7(16)5-18/h3-4,7H,1-2,5-6,16H2,(H,17,19)/t7-/m1/s1. The molecule has 1 amide bonds. The van der Waals surface area contributed by atoms with Crippen molar-refractivity contribution in [3.63, 3.8) is 0 Å². The van der Waals surface area contributed by atoms with Gasteiger partial charge in [0.25, 0.3) is 0 Å². The number of rotatable bonds is 3. The fourth-order valence-electron chi connectivity index (χ4n) is 2.02. The molecule has 3 N–H and O–H groups in total. The number of carbonyl (C=O) groups is 1. The zero-order valence-electron chi connectivity index (χ0n) is 10.1. The molecule has 1 aromatic rings. The van der Waals surface area contributed by atoms with Gasteiger partial charge in [-0.15, -0.1) is 0 Å². The Morgan fingerprint density at radius 3 is 2.63 bits per heavy atom. The maximum absolute atomic E-state index is 11.9. The van der Waals surface area contributed by atoms with E-state index in [9.17, 15) is 4.79 Å². The van der Waals surface area contributed by atoms with Crippen LogP contribution in [0.2, 0.25) is 15.1 Å². The largest absolute Gasteiger partial charge is 0.326 e. The lowest BCUT2D eigenvalue weighted by molar-refractivity contribution is -0.117. The maximum atomic E-state index is 11.9. The van der Waals surface area contributed by atoms with Crippen molar-refractivity contribution in [3.8, 4) is 0 Å². The number of hydrogen-bond acceptors (Lipinski definition) is 3. The van der Waals surface area contributed by atoms with Gasteiger partial charge in [0.15, 0.2) is 0 Å². The second-order valence-corrected chi connectivity index (χ2v) is 5.80. The molecule has 1 aromatic carbocycles. The lowest BCUT2D eigenvalue weighted by Gasteiger charge is -2.15. The molecule has 0 bridgehead atoms. The van der Waals surface area contributed by atoms with E-state index in [1.54, 1.807) is 6.07 Å². The minimum absolute atomic E-state index is 0.144. The molecule has 1 fully saturated rings. The molecule has 1 aliphatic rings. The number of carbonyl (C=O) groups excluding carboxylic acids is 1. The fourth-order valence-corrected chi connectivity index (χ4v) is 2.61. The highest BCUT2D eigenvalue weighted by Gasteiger charge is 2.21. The van der Waals surface area contributed by atoms with Gasteiger partial charge in [-0.05, 0) is 18.6 Å². The molecule has 0 aliphatic carbocycles. The molecule has 0 spiro atoms. The van der Waals surface area contributed by atoms with Crippen molar-refractivity contribution in [2.75, 3.05) is 25.0 Å². The normalized spacial score (nSPS) is 19.7. The van der Waals surface area contributed by atoms with Crippen LogP contribution in [0.5, 0.6) is 0 Å². The van der Waals surface area contributed by atoms with Gasteiger partial charge in [-0.25, -0.2) is 0 Å². The molecule has 104 valence electrons. The van der Waals surface area contributed by atoms with E-state index in [0.29, 0.717) is 27.3 Å². The molecular formula is C12H14Cl3N3O. The number of halogens is 3. The van der Waals surface area contributed by atoms with Crippen molar-refractivity contribution in [2.45, 2.75) is 12.5 Å². The Bertz CT molecular complexity index is 495. The van der Waals surface area contributed by atoms with Crippen molar-refractivity contribution >= 4 is 46.4 Å². The molecule has 1 saturated heterocycles. The first-order valence-corrected chi connectivity index (χ1v) is 7.01. The topological polar surface area (TPSA) is 58.4 Å². The first-order valence-electron chi connectivity index (χ1n) is 5.88. The van der Waals surface area contributed by atoms with Gasteiger partial charge in [0, 0.05) is 19.1 Å². The Morgan fingerprint density at radius 1 is 1.32 bits per heavy atom. The van der Waals surface area contributed by atoms with Crippen molar-refractivity contribution < 1.29 is 4.79 Å². The van der Waals surface area contributed by atoms with Crippen molar-refractivity contribution in [3.05, 3.63) is 27.2 Å². The van der Waals surface area contributed by atoms with E-state index in [2.05, 4.69) is 5.32 Å². The van der Waals surface area contributed by atoms with Crippen LogP contribution in [0.3, 0.4) is 0 Å². The summed E-state index contributed by atoms with van der Waals surface area (Å²) in [6, 6.07) is 3.20. The van der Waals surface area contributed by atoms with E-state index < -0.39 is 0 Å². The summed E-state index contributed by atoms with van der Waals surface area (Å²) in [7, 11) is 0. The average molecular weight is 323 g/mol. The van der Waals surface area contributed by atoms with Gasteiger partial charge in [-0.3, -0.25) is 9.69 Å². The summed E-state index contributed by atoms with van der Waals surface area (Å²) >= 11 is 17.7. The lowest BCUT2D eigenvalue weighted by atomic mass is 10.3. The molecule has 19 heavy (non-hydrogen) atoms. The van der Waals surface area contributed by atoms with Crippen LogP contribution in [-0.4, -0.2) is 36.5 Å². The van der Waals surface area contributed by atoms with Crippen molar-refractivity contribution in [1.29, 1.82) is 0 Å². The maximum Gasteiger partial charge on any atom is 0.238 e. The number of amides is 1. The van der Waals surface area contributed by atoms with Gasteiger partial charge in [0.1, 0.15) is 0 Å². The third kappa shape index (κ3) is 3.97. The number of nitrogens with one attached hydrogen (secondary N) is 1. The molecule has 2 rings (SSSR count). The van der Waals surface area contributed by atoms with Gasteiger partial charge >= 0.3 is 0 Å². The van der Waals surface area contributed by atoms with Crippen LogP contribution in [0.25, 0.3) is 0 Å². The van der Waals surface area contributed by atoms with E-state index in [1.165, 1.54) is 6.07 Å². The van der Waals surface area contributed by atoms with Crippen LogP contribution in [0.1, 0.15) is 6.42 Å². The quantitative estimate of drug-likeness (QED) is 0.841. The smallest absolute Gasteiger partial charge is 0.238 e. The molecule has 4 nitrogen and oxygen atoms in total. The first kappa shape index (κ1) is 14.9. The number of nitrogens with two attached hydrogens (primary N) is 1. The average Bonchev–Trinajstić information content (AvgIpc) is 2.71. The summed E-state index contributed by atoms with van der Waals surface area (Å²) in [5.41, 5.74) is 6.25. The molecule has 0 saturated carbocycles. The summed E-state index contributed by atoms with van der Waals surface area (Å²) in [4.78, 5) is 13.9. The molecule has 1 heterocycles. The zero-order valence-corrected chi connectivity index (χ0v) is 12.4. The third-order valence-corrected chi connectivity index (χ3v) is 3.99. The summed E-state index contributed by atoms with van der Waals surface area (Å²) < 4.78 is 0. The summed E-state index contributed by atoms with van der Waals surface area (Å²) in [5, 5.41) is 3.79. The third-order valence-electron chi connectivity index (χ3n) is 2.96. The number of benzene rings is 1. The number of hydrogen-bond donors (Lipinski definition) is 2. The van der Waals surface area contributed by atoms with E-state index >= 15 is 0 Å². The van der Waals surface area contributed by atoms with E-state index in [0.717, 1.165) is 19.5 Å². The second kappa shape index (κ2) is 6.29.